The average molecular weight is 478 g/mol. The fraction of sp³-hybridized carbons (Fsp3) is 0.280. The maximum Gasteiger partial charge on any atom is 0.258 e. The molecule has 35 heavy (non-hydrogen) atoms. The second-order valence-electron chi connectivity index (χ2n) is 7.76. The Morgan fingerprint density at radius 3 is 2.51 bits per heavy atom. The number of aryl methyl sites for hydroxylation is 2. The molecule has 2 heterocycles. The van der Waals surface area contributed by atoms with E-state index in [2.05, 4.69) is 20.6 Å². The van der Waals surface area contributed by atoms with Crippen molar-refractivity contribution in [1.82, 2.24) is 25.1 Å². The van der Waals surface area contributed by atoms with Gasteiger partial charge in [-0.3, -0.25) is 4.79 Å². The Morgan fingerprint density at radius 2 is 1.74 bits per heavy atom. The summed E-state index contributed by atoms with van der Waals surface area (Å²) in [6, 6.07) is 14.6. The summed E-state index contributed by atoms with van der Waals surface area (Å²) in [6.07, 6.45) is 0. The molecule has 0 fully saturated rings. The Kier molecular flexibility index (Phi) is 7.30. The van der Waals surface area contributed by atoms with Crippen molar-refractivity contribution in [3.63, 3.8) is 0 Å². The lowest BCUT2D eigenvalue weighted by molar-refractivity contribution is -0.123. The van der Waals surface area contributed by atoms with Gasteiger partial charge in [-0.05, 0) is 61.4 Å². The number of carbonyl (C=O) groups excluding carboxylic acids is 1. The van der Waals surface area contributed by atoms with Crippen molar-refractivity contribution in [2.75, 3.05) is 34.0 Å². The highest BCUT2D eigenvalue weighted by Crippen LogP contribution is 2.32. The third-order valence-corrected chi connectivity index (χ3v) is 5.41. The first-order valence-corrected chi connectivity index (χ1v) is 11.0. The average Bonchev–Trinajstić information content (AvgIpc) is 3.30. The van der Waals surface area contributed by atoms with Crippen molar-refractivity contribution >= 4 is 11.6 Å². The Labute approximate surface area is 202 Å². The van der Waals surface area contributed by atoms with Crippen LogP contribution in [0.4, 0.5) is 0 Å². The van der Waals surface area contributed by atoms with Crippen molar-refractivity contribution in [1.29, 1.82) is 0 Å². The Hall–Kier alpha value is -4.34. The van der Waals surface area contributed by atoms with E-state index in [1.807, 2.05) is 32.0 Å². The van der Waals surface area contributed by atoms with E-state index in [0.29, 0.717) is 46.7 Å². The Bertz CT molecular complexity index is 1340. The van der Waals surface area contributed by atoms with Gasteiger partial charge in [0.25, 0.3) is 5.91 Å². The van der Waals surface area contributed by atoms with Crippen LogP contribution in [-0.2, 0) is 4.79 Å². The van der Waals surface area contributed by atoms with Crippen molar-refractivity contribution in [3.8, 4) is 34.5 Å². The van der Waals surface area contributed by atoms with Crippen LogP contribution in [0, 0.1) is 13.8 Å². The molecule has 0 saturated carbocycles. The monoisotopic (exact) mass is 477 g/mol. The van der Waals surface area contributed by atoms with E-state index in [9.17, 15) is 4.79 Å². The van der Waals surface area contributed by atoms with E-state index >= 15 is 0 Å². The van der Waals surface area contributed by atoms with Gasteiger partial charge in [0.2, 0.25) is 5.88 Å². The number of hydrogen-bond acceptors (Lipinski definition) is 8. The number of nitrogens with zero attached hydrogens (tertiary/aromatic N) is 4. The Morgan fingerprint density at radius 1 is 0.914 bits per heavy atom. The molecular formula is C25H27N5O5. The fourth-order valence-electron chi connectivity index (χ4n) is 3.36. The van der Waals surface area contributed by atoms with Crippen LogP contribution in [0.25, 0.3) is 17.0 Å². The number of nitrogens with one attached hydrogen (secondary N) is 1. The minimum Gasteiger partial charge on any atom is -0.497 e. The van der Waals surface area contributed by atoms with Gasteiger partial charge in [-0.1, -0.05) is 6.07 Å². The SMILES string of the molecule is COc1ccc(OC)c(-c2nnc3ccc(OCCNC(=O)COc4ccc(C)c(C)c4)nn23)c1. The maximum atomic E-state index is 12.1. The van der Waals surface area contributed by atoms with Gasteiger partial charge in [0.15, 0.2) is 18.1 Å². The molecule has 4 aromatic rings. The highest BCUT2D eigenvalue weighted by atomic mass is 16.5. The summed E-state index contributed by atoms with van der Waals surface area (Å²) in [5.74, 6) is 2.54. The van der Waals surface area contributed by atoms with Gasteiger partial charge in [0.05, 0.1) is 26.3 Å². The second-order valence-corrected chi connectivity index (χ2v) is 7.76. The summed E-state index contributed by atoms with van der Waals surface area (Å²) < 4.78 is 23.6. The fourth-order valence-corrected chi connectivity index (χ4v) is 3.36. The molecule has 0 radical (unpaired) electrons. The summed E-state index contributed by atoms with van der Waals surface area (Å²) in [7, 11) is 3.17. The maximum absolute atomic E-state index is 12.1. The lowest BCUT2D eigenvalue weighted by Crippen LogP contribution is -2.32. The van der Waals surface area contributed by atoms with E-state index < -0.39 is 0 Å². The summed E-state index contributed by atoms with van der Waals surface area (Å²) in [6.45, 7) is 4.49. The zero-order chi connectivity index (χ0) is 24.8. The van der Waals surface area contributed by atoms with Crippen molar-refractivity contribution in [2.45, 2.75) is 13.8 Å². The molecule has 10 nitrogen and oxygen atoms in total. The summed E-state index contributed by atoms with van der Waals surface area (Å²) in [5, 5.41) is 15.7. The molecule has 182 valence electrons. The molecule has 0 saturated heterocycles. The molecule has 0 atom stereocenters. The van der Waals surface area contributed by atoms with Crippen LogP contribution in [-0.4, -0.2) is 59.7 Å². The minimum absolute atomic E-state index is 0.0703. The molecule has 0 aliphatic rings. The topological polar surface area (TPSA) is 109 Å². The normalized spacial score (nSPS) is 10.7. The quantitative estimate of drug-likeness (QED) is 0.347. The van der Waals surface area contributed by atoms with Crippen LogP contribution in [0.15, 0.2) is 48.5 Å². The first-order valence-electron chi connectivity index (χ1n) is 11.0. The van der Waals surface area contributed by atoms with Gasteiger partial charge in [-0.2, -0.15) is 4.52 Å². The first kappa shape index (κ1) is 23.8. The lowest BCUT2D eigenvalue weighted by Gasteiger charge is -2.10. The van der Waals surface area contributed by atoms with E-state index in [0.717, 1.165) is 5.56 Å². The van der Waals surface area contributed by atoms with E-state index in [1.165, 1.54) is 5.56 Å². The first-order chi connectivity index (χ1) is 17.0. The number of ether oxygens (including phenoxy) is 4. The van der Waals surface area contributed by atoms with Crippen LogP contribution in [0.5, 0.6) is 23.1 Å². The molecule has 2 aromatic heterocycles. The highest BCUT2D eigenvalue weighted by Gasteiger charge is 2.16. The van der Waals surface area contributed by atoms with Crippen molar-refractivity contribution < 1.29 is 23.7 Å². The molecule has 2 aromatic carbocycles. The number of benzene rings is 2. The molecule has 0 spiro atoms. The lowest BCUT2D eigenvalue weighted by atomic mass is 10.1. The van der Waals surface area contributed by atoms with E-state index in [-0.39, 0.29) is 19.1 Å². The molecule has 1 N–H and O–H groups in total. The van der Waals surface area contributed by atoms with Crippen LogP contribution >= 0.6 is 0 Å². The van der Waals surface area contributed by atoms with Gasteiger partial charge >= 0.3 is 0 Å². The number of aromatic nitrogens is 4. The highest BCUT2D eigenvalue weighted by molar-refractivity contribution is 5.77. The Balaban J connectivity index is 1.35. The molecular weight excluding hydrogens is 450 g/mol. The molecule has 0 aliphatic heterocycles. The zero-order valence-corrected chi connectivity index (χ0v) is 20.1. The largest absolute Gasteiger partial charge is 0.497 e. The second kappa shape index (κ2) is 10.7. The smallest absolute Gasteiger partial charge is 0.258 e. The van der Waals surface area contributed by atoms with Crippen molar-refractivity contribution in [2.24, 2.45) is 0 Å². The zero-order valence-electron chi connectivity index (χ0n) is 20.1. The minimum atomic E-state index is -0.235. The number of rotatable bonds is 10. The molecule has 0 aliphatic carbocycles. The summed E-state index contributed by atoms with van der Waals surface area (Å²) in [5.41, 5.74) is 3.52. The van der Waals surface area contributed by atoms with Crippen LogP contribution < -0.4 is 24.3 Å². The summed E-state index contributed by atoms with van der Waals surface area (Å²) >= 11 is 0. The van der Waals surface area contributed by atoms with E-state index in [4.69, 9.17) is 18.9 Å². The predicted octanol–water partition coefficient (Wildman–Crippen LogP) is 3.00. The van der Waals surface area contributed by atoms with Crippen molar-refractivity contribution in [3.05, 3.63) is 59.7 Å². The van der Waals surface area contributed by atoms with Gasteiger partial charge < -0.3 is 24.3 Å². The van der Waals surface area contributed by atoms with Crippen LogP contribution in [0.1, 0.15) is 11.1 Å². The van der Waals surface area contributed by atoms with E-state index in [1.54, 1.807) is 49.1 Å². The number of methoxy groups -OCH3 is 2. The third-order valence-electron chi connectivity index (χ3n) is 5.41. The number of carbonyl (C=O) groups is 1. The predicted molar refractivity (Wildman–Crippen MR) is 129 cm³/mol. The van der Waals surface area contributed by atoms with Gasteiger partial charge in [-0.25, -0.2) is 0 Å². The van der Waals surface area contributed by atoms with Gasteiger partial charge in [-0.15, -0.1) is 15.3 Å². The molecule has 0 bridgehead atoms. The summed E-state index contributed by atoms with van der Waals surface area (Å²) in [4.78, 5) is 12.1. The van der Waals surface area contributed by atoms with Crippen LogP contribution in [0.3, 0.4) is 0 Å². The number of amides is 1. The van der Waals surface area contributed by atoms with Gasteiger partial charge in [0.1, 0.15) is 23.9 Å². The molecule has 4 rings (SSSR count). The molecule has 1 amide bonds. The molecule has 0 unspecified atom stereocenters. The number of hydrogen-bond donors (Lipinski definition) is 1. The van der Waals surface area contributed by atoms with Gasteiger partial charge in [0, 0.05) is 6.07 Å². The van der Waals surface area contributed by atoms with Crippen LogP contribution in [0.2, 0.25) is 0 Å². The number of fused-ring (bicyclic) bond motifs is 1. The molecule has 10 heteroatoms. The third kappa shape index (κ3) is 5.60. The standard InChI is InChI=1S/C25H27N5O5/c1-16-5-6-19(13-17(16)2)35-15-23(31)26-11-12-34-24-10-9-22-27-28-25(30(22)29-24)20-14-18(32-3)7-8-21(20)33-4/h5-10,13-14H,11-12,15H2,1-4H3,(H,26,31).